The molecule has 2 saturated heterocycles. The zero-order valence-electron chi connectivity index (χ0n) is 12.9. The number of piperidine rings is 1. The van der Waals surface area contributed by atoms with Crippen molar-refractivity contribution < 1.29 is 14.3 Å². The summed E-state index contributed by atoms with van der Waals surface area (Å²) < 4.78 is 5.67. The van der Waals surface area contributed by atoms with Gasteiger partial charge in [-0.2, -0.15) is 0 Å². The van der Waals surface area contributed by atoms with E-state index in [-0.39, 0.29) is 29.9 Å². The molecular weight excluding hydrogens is 272 g/mol. The Morgan fingerprint density at radius 1 is 1.19 bits per heavy atom. The molecule has 0 aliphatic carbocycles. The SMILES string of the molecule is C[C@@H]1CN(CC(=O)N2CCC(C(=O)NN)CC2)C[C@H](C)O1. The van der Waals surface area contributed by atoms with Crippen LogP contribution >= 0.6 is 0 Å². The number of nitrogens with zero attached hydrogens (tertiary/aromatic N) is 2. The molecule has 0 aromatic heterocycles. The van der Waals surface area contributed by atoms with Crippen LogP contribution in [0.25, 0.3) is 0 Å². The molecule has 2 heterocycles. The predicted octanol–water partition coefficient (Wildman–Crippen LogP) is -0.676. The number of hydrogen-bond donors (Lipinski definition) is 2. The Morgan fingerprint density at radius 2 is 1.76 bits per heavy atom. The molecule has 7 nitrogen and oxygen atoms in total. The van der Waals surface area contributed by atoms with Gasteiger partial charge in [0.1, 0.15) is 0 Å². The van der Waals surface area contributed by atoms with Crippen molar-refractivity contribution in [1.29, 1.82) is 0 Å². The van der Waals surface area contributed by atoms with Crippen LogP contribution in [0, 0.1) is 5.92 Å². The van der Waals surface area contributed by atoms with Crippen molar-refractivity contribution in [1.82, 2.24) is 15.2 Å². The first kappa shape index (κ1) is 16.2. The number of hydrogen-bond acceptors (Lipinski definition) is 5. The third-order valence-corrected chi connectivity index (χ3v) is 4.21. The maximum absolute atomic E-state index is 12.3. The second-order valence-corrected chi connectivity index (χ2v) is 6.12. The molecule has 2 atom stereocenters. The van der Waals surface area contributed by atoms with Gasteiger partial charge >= 0.3 is 0 Å². The second-order valence-electron chi connectivity index (χ2n) is 6.12. The number of morpholine rings is 1. The lowest BCUT2D eigenvalue weighted by molar-refractivity contribution is -0.139. The number of rotatable bonds is 3. The van der Waals surface area contributed by atoms with Crippen molar-refractivity contribution in [3.63, 3.8) is 0 Å². The predicted molar refractivity (Wildman–Crippen MR) is 78.1 cm³/mol. The van der Waals surface area contributed by atoms with Crippen LogP contribution < -0.4 is 11.3 Å². The molecule has 3 N–H and O–H groups in total. The van der Waals surface area contributed by atoms with Crippen molar-refractivity contribution in [2.45, 2.75) is 38.9 Å². The lowest BCUT2D eigenvalue weighted by Gasteiger charge is -2.37. The summed E-state index contributed by atoms with van der Waals surface area (Å²) in [7, 11) is 0. The average molecular weight is 298 g/mol. The van der Waals surface area contributed by atoms with Gasteiger partial charge in [-0.1, -0.05) is 0 Å². The number of hydrazine groups is 1. The maximum Gasteiger partial charge on any atom is 0.237 e. The van der Waals surface area contributed by atoms with E-state index in [2.05, 4.69) is 10.3 Å². The van der Waals surface area contributed by atoms with Crippen LogP contribution in [0.4, 0.5) is 0 Å². The summed E-state index contributed by atoms with van der Waals surface area (Å²) in [6, 6.07) is 0. The summed E-state index contributed by atoms with van der Waals surface area (Å²) in [4.78, 5) is 27.8. The number of amides is 2. The standard InChI is InChI=1S/C14H26N4O3/c1-10-7-17(8-11(2)21-10)9-13(19)18-5-3-12(4-6-18)14(20)16-15/h10-12H,3-9,15H2,1-2H3,(H,16,20)/t10-,11+. The number of ether oxygens (including phenoxy) is 1. The maximum atomic E-state index is 12.3. The molecule has 2 aliphatic heterocycles. The number of carbonyl (C=O) groups excluding carboxylic acids is 2. The van der Waals surface area contributed by atoms with Gasteiger partial charge in [-0.15, -0.1) is 0 Å². The number of nitrogens with two attached hydrogens (primary N) is 1. The number of likely N-dealkylation sites (tertiary alicyclic amines) is 1. The van der Waals surface area contributed by atoms with Gasteiger partial charge in [-0.25, -0.2) is 5.84 Å². The van der Waals surface area contributed by atoms with E-state index in [0.29, 0.717) is 32.5 Å². The van der Waals surface area contributed by atoms with Gasteiger partial charge in [-0.3, -0.25) is 19.9 Å². The van der Waals surface area contributed by atoms with Gasteiger partial charge in [0.05, 0.1) is 18.8 Å². The molecule has 0 saturated carbocycles. The topological polar surface area (TPSA) is 87.9 Å². The zero-order chi connectivity index (χ0) is 15.4. The normalized spacial score (nSPS) is 28.4. The minimum atomic E-state index is -0.127. The molecule has 2 aliphatic rings. The highest BCUT2D eigenvalue weighted by Gasteiger charge is 2.29. The molecule has 0 unspecified atom stereocenters. The summed E-state index contributed by atoms with van der Waals surface area (Å²) >= 11 is 0. The molecule has 2 fully saturated rings. The minimum absolute atomic E-state index is 0.0671. The fourth-order valence-corrected chi connectivity index (χ4v) is 3.21. The lowest BCUT2D eigenvalue weighted by atomic mass is 9.96. The van der Waals surface area contributed by atoms with Gasteiger partial charge in [0.25, 0.3) is 0 Å². The number of nitrogens with one attached hydrogen (secondary N) is 1. The van der Waals surface area contributed by atoms with Crippen molar-refractivity contribution in [2.24, 2.45) is 11.8 Å². The van der Waals surface area contributed by atoms with Gasteiger partial charge in [0.15, 0.2) is 0 Å². The summed E-state index contributed by atoms with van der Waals surface area (Å²) in [6.45, 7) is 7.35. The van der Waals surface area contributed by atoms with E-state index in [1.54, 1.807) is 0 Å². The van der Waals surface area contributed by atoms with Crippen molar-refractivity contribution in [3.8, 4) is 0 Å². The molecule has 0 aromatic carbocycles. The van der Waals surface area contributed by atoms with Crippen LogP contribution in [0.2, 0.25) is 0 Å². The van der Waals surface area contributed by atoms with E-state index in [4.69, 9.17) is 10.6 Å². The molecule has 2 rings (SSSR count). The van der Waals surface area contributed by atoms with E-state index < -0.39 is 0 Å². The van der Waals surface area contributed by atoms with Crippen molar-refractivity contribution >= 4 is 11.8 Å². The molecule has 2 amide bonds. The van der Waals surface area contributed by atoms with E-state index >= 15 is 0 Å². The first-order valence-electron chi connectivity index (χ1n) is 7.65. The lowest BCUT2D eigenvalue weighted by Crippen LogP contribution is -2.51. The Balaban J connectivity index is 1.78. The molecule has 120 valence electrons. The van der Waals surface area contributed by atoms with Crippen LogP contribution in [0.3, 0.4) is 0 Å². The summed E-state index contributed by atoms with van der Waals surface area (Å²) in [5, 5.41) is 0. The third-order valence-electron chi connectivity index (χ3n) is 4.21. The van der Waals surface area contributed by atoms with E-state index in [1.165, 1.54) is 0 Å². The minimum Gasteiger partial charge on any atom is -0.373 e. The largest absolute Gasteiger partial charge is 0.373 e. The Labute approximate surface area is 125 Å². The van der Waals surface area contributed by atoms with Crippen LogP contribution in [0.5, 0.6) is 0 Å². The monoisotopic (exact) mass is 298 g/mol. The van der Waals surface area contributed by atoms with E-state index in [1.807, 2.05) is 18.7 Å². The van der Waals surface area contributed by atoms with Crippen molar-refractivity contribution in [3.05, 3.63) is 0 Å². The Bertz CT molecular complexity index is 372. The first-order valence-corrected chi connectivity index (χ1v) is 7.65. The highest BCUT2D eigenvalue weighted by Crippen LogP contribution is 2.18. The molecule has 0 bridgehead atoms. The molecule has 21 heavy (non-hydrogen) atoms. The Hall–Kier alpha value is -1.18. The molecular formula is C14H26N4O3. The smallest absolute Gasteiger partial charge is 0.237 e. The van der Waals surface area contributed by atoms with Gasteiger partial charge in [0.2, 0.25) is 11.8 Å². The van der Waals surface area contributed by atoms with Gasteiger partial charge in [0, 0.05) is 32.1 Å². The molecule has 7 heteroatoms. The summed E-state index contributed by atoms with van der Waals surface area (Å²) in [5.41, 5.74) is 2.19. The van der Waals surface area contributed by atoms with Crippen molar-refractivity contribution in [2.75, 3.05) is 32.7 Å². The third kappa shape index (κ3) is 4.39. The van der Waals surface area contributed by atoms with E-state index in [9.17, 15) is 9.59 Å². The summed E-state index contributed by atoms with van der Waals surface area (Å²) in [6.07, 6.45) is 1.70. The molecule has 0 aromatic rings. The highest BCUT2D eigenvalue weighted by atomic mass is 16.5. The van der Waals surface area contributed by atoms with Gasteiger partial charge in [-0.05, 0) is 26.7 Å². The number of carbonyl (C=O) groups is 2. The second kappa shape index (κ2) is 7.20. The average Bonchev–Trinajstić information content (AvgIpc) is 2.45. The Kier molecular flexibility index (Phi) is 5.55. The first-order chi connectivity index (χ1) is 9.99. The fraction of sp³-hybridized carbons (Fsp3) is 0.857. The Morgan fingerprint density at radius 3 is 2.29 bits per heavy atom. The van der Waals surface area contributed by atoms with E-state index in [0.717, 1.165) is 13.1 Å². The molecule has 0 radical (unpaired) electrons. The highest BCUT2D eigenvalue weighted by molar-refractivity contribution is 5.80. The van der Waals surface area contributed by atoms with Crippen LogP contribution in [-0.2, 0) is 14.3 Å². The fourth-order valence-electron chi connectivity index (χ4n) is 3.21. The summed E-state index contributed by atoms with van der Waals surface area (Å²) in [5.74, 6) is 5.10. The molecule has 0 spiro atoms. The quantitative estimate of drug-likeness (QED) is 0.410. The van der Waals surface area contributed by atoms with Gasteiger partial charge < -0.3 is 9.64 Å². The van der Waals surface area contributed by atoms with Crippen LogP contribution in [-0.4, -0.2) is 66.5 Å². The van der Waals surface area contributed by atoms with Crippen LogP contribution in [0.1, 0.15) is 26.7 Å². The zero-order valence-corrected chi connectivity index (χ0v) is 12.9. The van der Waals surface area contributed by atoms with Crippen LogP contribution in [0.15, 0.2) is 0 Å².